The van der Waals surface area contributed by atoms with E-state index in [9.17, 15) is 4.79 Å². The zero-order valence-corrected chi connectivity index (χ0v) is 8.45. The van der Waals surface area contributed by atoms with Crippen molar-refractivity contribution in [1.29, 1.82) is 0 Å². The first-order chi connectivity index (χ1) is 6.72. The van der Waals surface area contributed by atoms with Gasteiger partial charge in [0.25, 0.3) is 0 Å². The normalized spacial score (nSPS) is 10.4. The molecule has 0 N–H and O–H groups in total. The molecule has 5 nitrogen and oxygen atoms in total. The van der Waals surface area contributed by atoms with E-state index in [0.29, 0.717) is 37.8 Å². The number of nitrogens with zero attached hydrogens (tertiary/aromatic N) is 2. The molecule has 0 aliphatic carbocycles. The summed E-state index contributed by atoms with van der Waals surface area (Å²) in [6.07, 6.45) is 0.949. The van der Waals surface area contributed by atoms with Gasteiger partial charge in [-0.2, -0.15) is 4.98 Å². The lowest BCUT2D eigenvalue weighted by Gasteiger charge is -1.92. The summed E-state index contributed by atoms with van der Waals surface area (Å²) in [5, 5.41) is 3.71. The fourth-order valence-electron chi connectivity index (χ4n) is 0.927. The zero-order chi connectivity index (χ0) is 10.4. The molecule has 0 fully saturated rings. The minimum absolute atomic E-state index is 0.120. The third-order valence-corrected chi connectivity index (χ3v) is 1.64. The third kappa shape index (κ3) is 3.66. The molecule has 0 amide bonds. The number of aryl methyl sites for hydroxylation is 1. The summed E-state index contributed by atoms with van der Waals surface area (Å²) >= 11 is 0. The summed E-state index contributed by atoms with van der Waals surface area (Å²) < 4.78 is 10.0. The van der Waals surface area contributed by atoms with Crippen LogP contribution in [0.1, 0.15) is 32.0 Å². The second kappa shape index (κ2) is 5.49. The van der Waals surface area contributed by atoms with E-state index in [-0.39, 0.29) is 5.78 Å². The Balaban J connectivity index is 2.38. The van der Waals surface area contributed by atoms with Crippen LogP contribution in [0.25, 0.3) is 0 Å². The van der Waals surface area contributed by atoms with E-state index in [4.69, 9.17) is 9.26 Å². The molecule has 1 aromatic heterocycles. The molecule has 5 heteroatoms. The van der Waals surface area contributed by atoms with Crippen LogP contribution in [0.4, 0.5) is 0 Å². The van der Waals surface area contributed by atoms with E-state index in [1.54, 1.807) is 0 Å². The molecule has 14 heavy (non-hydrogen) atoms. The van der Waals surface area contributed by atoms with Gasteiger partial charge in [-0.15, -0.1) is 0 Å². The number of carbonyl (C=O) groups is 1. The average molecular weight is 198 g/mol. The lowest BCUT2D eigenvalue weighted by atomic mass is 10.2. The molecular formula is C9H14N2O3. The van der Waals surface area contributed by atoms with E-state index in [2.05, 4.69) is 10.1 Å². The molecule has 1 aromatic rings. The summed E-state index contributed by atoms with van der Waals surface area (Å²) in [6.45, 7) is 4.42. The number of carbonyl (C=O) groups excluding carboxylic acids is 1. The van der Waals surface area contributed by atoms with Crippen LogP contribution in [0.5, 0.6) is 0 Å². The van der Waals surface area contributed by atoms with Crippen molar-refractivity contribution in [2.75, 3.05) is 6.61 Å². The van der Waals surface area contributed by atoms with Gasteiger partial charge in [-0.3, -0.25) is 0 Å². The number of rotatable bonds is 6. The van der Waals surface area contributed by atoms with E-state index in [1.165, 1.54) is 6.92 Å². The molecule has 0 radical (unpaired) electrons. The number of hydrogen-bond donors (Lipinski definition) is 0. The van der Waals surface area contributed by atoms with Crippen LogP contribution in [-0.2, 0) is 22.6 Å². The van der Waals surface area contributed by atoms with Crippen molar-refractivity contribution < 1.29 is 14.1 Å². The molecule has 1 heterocycles. The highest BCUT2D eigenvalue weighted by Crippen LogP contribution is 2.02. The molecule has 0 unspecified atom stereocenters. The highest BCUT2D eigenvalue weighted by atomic mass is 16.5. The second-order valence-corrected chi connectivity index (χ2v) is 2.94. The van der Waals surface area contributed by atoms with Gasteiger partial charge in [0.05, 0.1) is 0 Å². The molecule has 78 valence electrons. The fourth-order valence-corrected chi connectivity index (χ4v) is 0.927. The van der Waals surface area contributed by atoms with E-state index in [0.717, 1.165) is 0 Å². The Labute approximate surface area is 82.4 Å². The van der Waals surface area contributed by atoms with Gasteiger partial charge in [0.2, 0.25) is 5.89 Å². The van der Waals surface area contributed by atoms with Crippen molar-refractivity contribution in [3.05, 3.63) is 11.7 Å². The number of ketones is 1. The molecule has 0 saturated carbocycles. The van der Waals surface area contributed by atoms with Gasteiger partial charge in [-0.05, 0) is 13.8 Å². The SMILES string of the molecule is CCOCc1noc(CCC(C)=O)n1. The Morgan fingerprint density at radius 1 is 1.57 bits per heavy atom. The maximum atomic E-state index is 10.7. The maximum absolute atomic E-state index is 10.7. The quantitative estimate of drug-likeness (QED) is 0.685. The Morgan fingerprint density at radius 3 is 3.00 bits per heavy atom. The number of aromatic nitrogens is 2. The average Bonchev–Trinajstić information content (AvgIpc) is 2.59. The summed E-state index contributed by atoms with van der Waals surface area (Å²) in [4.78, 5) is 14.7. The van der Waals surface area contributed by atoms with Crippen molar-refractivity contribution >= 4 is 5.78 Å². The molecule has 0 atom stereocenters. The molecule has 0 saturated heterocycles. The Hall–Kier alpha value is -1.23. The summed E-state index contributed by atoms with van der Waals surface area (Å²) in [6, 6.07) is 0. The summed E-state index contributed by atoms with van der Waals surface area (Å²) in [5.74, 6) is 1.15. The maximum Gasteiger partial charge on any atom is 0.227 e. The topological polar surface area (TPSA) is 65.2 Å². The molecule has 0 bridgehead atoms. The van der Waals surface area contributed by atoms with E-state index >= 15 is 0 Å². The summed E-state index contributed by atoms with van der Waals surface area (Å²) in [5.41, 5.74) is 0. The predicted molar refractivity (Wildman–Crippen MR) is 48.6 cm³/mol. The first-order valence-electron chi connectivity index (χ1n) is 4.61. The van der Waals surface area contributed by atoms with Crippen LogP contribution in [0.3, 0.4) is 0 Å². The highest BCUT2D eigenvalue weighted by Gasteiger charge is 2.06. The van der Waals surface area contributed by atoms with Gasteiger partial charge in [-0.25, -0.2) is 0 Å². The lowest BCUT2D eigenvalue weighted by Crippen LogP contribution is -1.96. The Bertz CT molecular complexity index is 296. The standard InChI is InChI=1S/C9H14N2O3/c1-3-13-6-8-10-9(14-11-8)5-4-7(2)12/h3-6H2,1-2H3. The minimum atomic E-state index is 0.120. The van der Waals surface area contributed by atoms with Crippen LogP contribution in [0.15, 0.2) is 4.52 Å². The molecule has 0 aromatic carbocycles. The monoisotopic (exact) mass is 198 g/mol. The van der Waals surface area contributed by atoms with Crippen LogP contribution in [0.2, 0.25) is 0 Å². The smallest absolute Gasteiger partial charge is 0.227 e. The van der Waals surface area contributed by atoms with E-state index < -0.39 is 0 Å². The highest BCUT2D eigenvalue weighted by molar-refractivity contribution is 5.75. The molecular weight excluding hydrogens is 184 g/mol. The van der Waals surface area contributed by atoms with Gasteiger partial charge in [0.1, 0.15) is 12.4 Å². The van der Waals surface area contributed by atoms with Crippen molar-refractivity contribution in [3.63, 3.8) is 0 Å². The number of hydrogen-bond acceptors (Lipinski definition) is 5. The Morgan fingerprint density at radius 2 is 2.36 bits per heavy atom. The Kier molecular flexibility index (Phi) is 4.25. The molecule has 0 aliphatic rings. The van der Waals surface area contributed by atoms with Crippen molar-refractivity contribution in [3.8, 4) is 0 Å². The van der Waals surface area contributed by atoms with Crippen molar-refractivity contribution in [2.45, 2.75) is 33.3 Å². The van der Waals surface area contributed by atoms with Crippen LogP contribution < -0.4 is 0 Å². The van der Waals surface area contributed by atoms with Gasteiger partial charge in [-0.1, -0.05) is 5.16 Å². The van der Waals surface area contributed by atoms with E-state index in [1.807, 2.05) is 6.92 Å². The largest absolute Gasteiger partial charge is 0.374 e. The second-order valence-electron chi connectivity index (χ2n) is 2.94. The third-order valence-electron chi connectivity index (χ3n) is 1.64. The fraction of sp³-hybridized carbons (Fsp3) is 0.667. The van der Waals surface area contributed by atoms with Crippen LogP contribution in [-0.4, -0.2) is 22.5 Å². The predicted octanol–water partition coefficient (Wildman–Crippen LogP) is 1.13. The lowest BCUT2D eigenvalue weighted by molar-refractivity contribution is -0.117. The van der Waals surface area contributed by atoms with Gasteiger partial charge >= 0.3 is 0 Å². The first-order valence-corrected chi connectivity index (χ1v) is 4.61. The number of ether oxygens (including phenoxy) is 1. The van der Waals surface area contributed by atoms with Crippen LogP contribution >= 0.6 is 0 Å². The van der Waals surface area contributed by atoms with Gasteiger partial charge < -0.3 is 14.1 Å². The molecule has 1 rings (SSSR count). The van der Waals surface area contributed by atoms with Crippen molar-refractivity contribution in [2.24, 2.45) is 0 Å². The molecule has 0 spiro atoms. The first kappa shape index (κ1) is 10.8. The van der Waals surface area contributed by atoms with Crippen molar-refractivity contribution in [1.82, 2.24) is 10.1 Å². The molecule has 0 aliphatic heterocycles. The number of Topliss-reactive ketones (excluding diaryl/α,β-unsaturated/α-hetero) is 1. The van der Waals surface area contributed by atoms with Gasteiger partial charge in [0, 0.05) is 19.4 Å². The van der Waals surface area contributed by atoms with Gasteiger partial charge in [0.15, 0.2) is 5.82 Å². The van der Waals surface area contributed by atoms with Crippen LogP contribution in [0, 0.1) is 0 Å². The summed E-state index contributed by atoms with van der Waals surface area (Å²) in [7, 11) is 0. The zero-order valence-electron chi connectivity index (χ0n) is 8.45. The minimum Gasteiger partial charge on any atom is -0.374 e.